The van der Waals surface area contributed by atoms with Crippen LogP contribution in [0.3, 0.4) is 0 Å². The molecule has 1 N–H and O–H groups in total. The van der Waals surface area contributed by atoms with Crippen LogP contribution in [0.1, 0.15) is 15.9 Å². The van der Waals surface area contributed by atoms with Crippen molar-refractivity contribution in [2.24, 2.45) is 5.18 Å². The molecule has 4 nitrogen and oxygen atoms in total. The molecule has 0 saturated carbocycles. The van der Waals surface area contributed by atoms with E-state index in [0.717, 1.165) is 0 Å². The minimum absolute atomic E-state index is 0.114. The molecule has 0 radical (unpaired) electrons. The third-order valence-electron chi connectivity index (χ3n) is 1.83. The predicted octanol–water partition coefficient (Wildman–Crippen LogP) is 1.76. The van der Waals surface area contributed by atoms with Gasteiger partial charge in [-0.25, -0.2) is 4.39 Å². The molecule has 1 aromatic carbocycles. The number of halogens is 1. The number of rotatable bonds is 4. The van der Waals surface area contributed by atoms with Crippen molar-refractivity contribution in [1.82, 2.24) is 5.32 Å². The zero-order valence-electron chi connectivity index (χ0n) is 7.58. The first-order chi connectivity index (χ1) is 6.74. The fraction of sp³-hybridized carbons (Fsp3) is 0.222. The van der Waals surface area contributed by atoms with Crippen LogP contribution < -0.4 is 5.32 Å². The maximum absolute atomic E-state index is 13.3. The number of nitrogens with one attached hydrogen (secondary N) is 1. The predicted molar refractivity (Wildman–Crippen MR) is 50.0 cm³/mol. The van der Waals surface area contributed by atoms with Gasteiger partial charge in [0.25, 0.3) is 0 Å². The molecule has 0 saturated heterocycles. The molecule has 0 aliphatic carbocycles. The van der Waals surface area contributed by atoms with Crippen LogP contribution in [0.5, 0.6) is 0 Å². The van der Waals surface area contributed by atoms with Gasteiger partial charge in [-0.05, 0) is 23.9 Å². The number of hydrogen-bond acceptors (Lipinski definition) is 4. The highest BCUT2D eigenvalue weighted by Crippen LogP contribution is 2.22. The van der Waals surface area contributed by atoms with E-state index in [9.17, 15) is 14.1 Å². The minimum atomic E-state index is -0.859. The van der Waals surface area contributed by atoms with E-state index in [1.807, 2.05) is 0 Å². The highest BCUT2D eigenvalue weighted by Gasteiger charge is 2.12. The Morgan fingerprint density at radius 3 is 2.79 bits per heavy atom. The van der Waals surface area contributed by atoms with Gasteiger partial charge in [0.1, 0.15) is 5.69 Å². The van der Waals surface area contributed by atoms with Crippen molar-refractivity contribution in [1.29, 1.82) is 0 Å². The van der Waals surface area contributed by atoms with E-state index >= 15 is 0 Å². The van der Waals surface area contributed by atoms with Gasteiger partial charge in [0, 0.05) is 6.54 Å². The fourth-order valence-corrected chi connectivity index (χ4v) is 1.16. The van der Waals surface area contributed by atoms with Crippen LogP contribution >= 0.6 is 0 Å². The number of carbonyl (C=O) groups excluding carboxylic acids is 1. The SMILES string of the molecule is CNCc1ccc(N=O)c(F)c1C=O. The molecular weight excluding hydrogens is 187 g/mol. The fourth-order valence-electron chi connectivity index (χ4n) is 1.16. The summed E-state index contributed by atoms with van der Waals surface area (Å²) in [5.74, 6) is -0.859. The van der Waals surface area contributed by atoms with Crippen molar-refractivity contribution < 1.29 is 9.18 Å². The third-order valence-corrected chi connectivity index (χ3v) is 1.83. The van der Waals surface area contributed by atoms with E-state index in [0.29, 0.717) is 18.4 Å². The van der Waals surface area contributed by atoms with Gasteiger partial charge in [-0.2, -0.15) is 0 Å². The van der Waals surface area contributed by atoms with E-state index in [1.165, 1.54) is 12.1 Å². The van der Waals surface area contributed by atoms with Crippen molar-refractivity contribution in [3.8, 4) is 0 Å². The highest BCUT2D eigenvalue weighted by molar-refractivity contribution is 5.79. The number of carbonyl (C=O) groups is 1. The molecule has 0 spiro atoms. The second-order valence-electron chi connectivity index (χ2n) is 2.71. The standard InChI is InChI=1S/C9H9FN2O2/c1-11-4-6-2-3-8(12-14)9(10)7(6)5-13/h2-3,5,11H,4H2,1H3. The molecule has 0 aliphatic heterocycles. The molecule has 0 atom stereocenters. The van der Waals surface area contributed by atoms with Crippen LogP contribution in [0.4, 0.5) is 10.1 Å². The van der Waals surface area contributed by atoms with Gasteiger partial charge >= 0.3 is 0 Å². The van der Waals surface area contributed by atoms with Crippen LogP contribution in [-0.4, -0.2) is 13.3 Å². The van der Waals surface area contributed by atoms with Gasteiger partial charge in [0.15, 0.2) is 12.1 Å². The van der Waals surface area contributed by atoms with Crippen LogP contribution in [0.2, 0.25) is 0 Å². The molecule has 0 unspecified atom stereocenters. The van der Waals surface area contributed by atoms with Crippen molar-refractivity contribution >= 4 is 12.0 Å². The summed E-state index contributed by atoms with van der Waals surface area (Å²) < 4.78 is 13.3. The maximum atomic E-state index is 13.3. The zero-order chi connectivity index (χ0) is 10.6. The summed E-state index contributed by atoms with van der Waals surface area (Å²) >= 11 is 0. The average Bonchev–Trinajstić information content (AvgIpc) is 2.19. The van der Waals surface area contributed by atoms with Gasteiger partial charge in [0.05, 0.1) is 5.56 Å². The molecule has 0 fully saturated rings. The van der Waals surface area contributed by atoms with Crippen LogP contribution in [0, 0.1) is 10.7 Å². The largest absolute Gasteiger partial charge is 0.316 e. The average molecular weight is 196 g/mol. The van der Waals surface area contributed by atoms with Gasteiger partial charge in [-0.3, -0.25) is 4.79 Å². The molecule has 0 amide bonds. The summed E-state index contributed by atoms with van der Waals surface area (Å²) in [7, 11) is 1.68. The van der Waals surface area contributed by atoms with Crippen molar-refractivity contribution in [3.63, 3.8) is 0 Å². The highest BCUT2D eigenvalue weighted by atomic mass is 19.1. The Labute approximate surface area is 80.1 Å². The van der Waals surface area contributed by atoms with E-state index in [1.54, 1.807) is 7.05 Å². The zero-order valence-corrected chi connectivity index (χ0v) is 7.58. The maximum Gasteiger partial charge on any atom is 0.163 e. The van der Waals surface area contributed by atoms with Crippen LogP contribution in [-0.2, 0) is 6.54 Å². The van der Waals surface area contributed by atoms with Crippen molar-refractivity contribution in [3.05, 3.63) is 34.0 Å². The molecule has 0 bridgehead atoms. The van der Waals surface area contributed by atoms with Crippen molar-refractivity contribution in [2.75, 3.05) is 7.05 Å². The van der Waals surface area contributed by atoms with E-state index in [2.05, 4.69) is 10.5 Å². The molecule has 1 aromatic rings. The van der Waals surface area contributed by atoms with Gasteiger partial charge < -0.3 is 5.32 Å². The number of aldehydes is 1. The monoisotopic (exact) mass is 196 g/mol. The first kappa shape index (κ1) is 10.5. The summed E-state index contributed by atoms with van der Waals surface area (Å²) in [5.41, 5.74) is 0.0517. The summed E-state index contributed by atoms with van der Waals surface area (Å²) in [6.45, 7) is 0.365. The van der Waals surface area contributed by atoms with Crippen molar-refractivity contribution in [2.45, 2.75) is 6.54 Å². The minimum Gasteiger partial charge on any atom is -0.316 e. The Morgan fingerprint density at radius 1 is 1.57 bits per heavy atom. The molecular formula is C9H9FN2O2. The lowest BCUT2D eigenvalue weighted by Gasteiger charge is -2.05. The number of nitroso groups, excluding NO2 is 1. The Kier molecular flexibility index (Phi) is 3.41. The number of nitrogens with zero attached hydrogens (tertiary/aromatic N) is 1. The number of benzene rings is 1. The lowest BCUT2D eigenvalue weighted by molar-refractivity contribution is 0.111. The van der Waals surface area contributed by atoms with E-state index in [4.69, 9.17) is 0 Å². The van der Waals surface area contributed by atoms with E-state index < -0.39 is 5.82 Å². The molecule has 0 heterocycles. The van der Waals surface area contributed by atoms with Gasteiger partial charge in [0.2, 0.25) is 0 Å². The molecule has 1 rings (SSSR count). The van der Waals surface area contributed by atoms with Crippen LogP contribution in [0.15, 0.2) is 17.3 Å². The number of hydrogen-bond donors (Lipinski definition) is 1. The smallest absolute Gasteiger partial charge is 0.163 e. The second kappa shape index (κ2) is 4.57. The quantitative estimate of drug-likeness (QED) is 0.589. The Bertz CT molecular complexity index is 366. The van der Waals surface area contributed by atoms with Gasteiger partial charge in [-0.15, -0.1) is 4.91 Å². The first-order valence-electron chi connectivity index (χ1n) is 3.99. The molecule has 74 valence electrons. The molecule has 14 heavy (non-hydrogen) atoms. The normalized spacial score (nSPS) is 9.86. The second-order valence-corrected chi connectivity index (χ2v) is 2.71. The molecule has 0 aromatic heterocycles. The topological polar surface area (TPSA) is 58.5 Å². The summed E-state index contributed by atoms with van der Waals surface area (Å²) in [6.07, 6.45) is 0.386. The molecule has 0 aliphatic rings. The Hall–Kier alpha value is -1.62. The third kappa shape index (κ3) is 1.82. The lowest BCUT2D eigenvalue weighted by Crippen LogP contribution is -2.08. The lowest BCUT2D eigenvalue weighted by atomic mass is 10.1. The summed E-state index contributed by atoms with van der Waals surface area (Å²) in [6, 6.07) is 2.75. The van der Waals surface area contributed by atoms with Crippen LogP contribution in [0.25, 0.3) is 0 Å². The summed E-state index contributed by atoms with van der Waals surface area (Å²) in [5, 5.41) is 5.26. The van der Waals surface area contributed by atoms with E-state index in [-0.39, 0.29) is 11.3 Å². The van der Waals surface area contributed by atoms with Gasteiger partial charge in [-0.1, -0.05) is 6.07 Å². The Morgan fingerprint density at radius 2 is 2.29 bits per heavy atom. The molecule has 5 heteroatoms. The summed E-state index contributed by atoms with van der Waals surface area (Å²) in [4.78, 5) is 20.7. The Balaban J connectivity index is 3.27. The first-order valence-corrected chi connectivity index (χ1v) is 3.99.